The Morgan fingerprint density at radius 1 is 1.25 bits per heavy atom. The lowest BCUT2D eigenvalue weighted by Crippen LogP contribution is -2.28. The molecule has 0 spiro atoms. The maximum Gasteiger partial charge on any atom is 0.230 e. The van der Waals surface area contributed by atoms with Crippen molar-refractivity contribution in [3.05, 3.63) is 69.5 Å². The second-order valence-corrected chi connectivity index (χ2v) is 7.30. The first kappa shape index (κ1) is 18.8. The number of carbonyl (C=O) groups is 1. The summed E-state index contributed by atoms with van der Waals surface area (Å²) in [4.78, 5) is 12.1. The molecule has 2 aromatic rings. The van der Waals surface area contributed by atoms with E-state index in [9.17, 15) is 9.18 Å². The molecule has 0 unspecified atom stereocenters. The lowest BCUT2D eigenvalue weighted by Gasteiger charge is -2.17. The van der Waals surface area contributed by atoms with E-state index < -0.39 is 0 Å². The standard InChI is InChI=1S/C19H21ClFNOS/c1-12-4-7-17(13(2)8-12)14(3)22-19(23)11-24-10-15-5-6-16(20)9-18(15)21/h4-9,14H,10-11H2,1-3H3,(H,22,23)/t14-/m0/s1. The lowest BCUT2D eigenvalue weighted by molar-refractivity contribution is -0.119. The Hall–Kier alpha value is -1.52. The highest BCUT2D eigenvalue weighted by Gasteiger charge is 2.12. The summed E-state index contributed by atoms with van der Waals surface area (Å²) < 4.78 is 13.7. The lowest BCUT2D eigenvalue weighted by atomic mass is 10.0. The number of benzene rings is 2. The highest BCUT2D eigenvalue weighted by atomic mass is 35.5. The summed E-state index contributed by atoms with van der Waals surface area (Å²) in [7, 11) is 0. The Labute approximate surface area is 151 Å². The fourth-order valence-corrected chi connectivity index (χ4v) is 3.55. The van der Waals surface area contributed by atoms with Crippen molar-refractivity contribution in [1.29, 1.82) is 0 Å². The van der Waals surface area contributed by atoms with Gasteiger partial charge in [-0.05, 0) is 49.6 Å². The van der Waals surface area contributed by atoms with Gasteiger partial charge in [0.1, 0.15) is 5.82 Å². The molecule has 2 nitrogen and oxygen atoms in total. The zero-order valence-electron chi connectivity index (χ0n) is 14.0. The molecular weight excluding hydrogens is 345 g/mol. The number of rotatable bonds is 6. The Morgan fingerprint density at radius 3 is 2.67 bits per heavy atom. The summed E-state index contributed by atoms with van der Waals surface area (Å²) >= 11 is 7.11. The third kappa shape index (κ3) is 5.25. The van der Waals surface area contributed by atoms with Crippen LogP contribution in [0.3, 0.4) is 0 Å². The minimum absolute atomic E-state index is 0.0500. The number of nitrogens with one attached hydrogen (secondary N) is 1. The molecule has 0 aliphatic rings. The Kier molecular flexibility index (Phi) is 6.69. The fraction of sp³-hybridized carbons (Fsp3) is 0.316. The van der Waals surface area contributed by atoms with E-state index in [1.165, 1.54) is 29.0 Å². The van der Waals surface area contributed by atoms with Crippen molar-refractivity contribution < 1.29 is 9.18 Å². The van der Waals surface area contributed by atoms with Gasteiger partial charge in [-0.15, -0.1) is 11.8 Å². The zero-order valence-corrected chi connectivity index (χ0v) is 15.6. The summed E-state index contributed by atoms with van der Waals surface area (Å²) in [5, 5.41) is 3.37. The summed E-state index contributed by atoms with van der Waals surface area (Å²) in [6.45, 7) is 6.06. The van der Waals surface area contributed by atoms with Gasteiger partial charge in [-0.1, -0.05) is 41.4 Å². The minimum atomic E-state index is -0.334. The van der Waals surface area contributed by atoms with E-state index in [2.05, 4.69) is 11.4 Å². The number of thioether (sulfide) groups is 1. The molecule has 24 heavy (non-hydrogen) atoms. The molecule has 128 valence electrons. The van der Waals surface area contributed by atoms with Gasteiger partial charge in [0.05, 0.1) is 11.8 Å². The number of halogens is 2. The van der Waals surface area contributed by atoms with Crippen LogP contribution in [0.5, 0.6) is 0 Å². The molecule has 2 aromatic carbocycles. The Bertz CT molecular complexity index is 735. The summed E-state index contributed by atoms with van der Waals surface area (Å²) in [6.07, 6.45) is 0. The van der Waals surface area contributed by atoms with Gasteiger partial charge < -0.3 is 5.32 Å². The van der Waals surface area contributed by atoms with Crippen LogP contribution in [-0.4, -0.2) is 11.7 Å². The van der Waals surface area contributed by atoms with E-state index in [-0.39, 0.29) is 23.5 Å². The minimum Gasteiger partial charge on any atom is -0.349 e. The Morgan fingerprint density at radius 2 is 2.00 bits per heavy atom. The number of aryl methyl sites for hydroxylation is 2. The van der Waals surface area contributed by atoms with Crippen molar-refractivity contribution in [1.82, 2.24) is 5.32 Å². The molecule has 0 aromatic heterocycles. The highest BCUT2D eigenvalue weighted by Crippen LogP contribution is 2.21. The van der Waals surface area contributed by atoms with Crippen molar-refractivity contribution in [2.75, 3.05) is 5.75 Å². The smallest absolute Gasteiger partial charge is 0.230 e. The summed E-state index contributed by atoms with van der Waals surface area (Å²) in [5.74, 6) is 0.340. The fourth-order valence-electron chi connectivity index (χ4n) is 2.56. The first-order valence-electron chi connectivity index (χ1n) is 7.75. The molecule has 0 radical (unpaired) electrons. The van der Waals surface area contributed by atoms with Crippen molar-refractivity contribution in [2.45, 2.75) is 32.6 Å². The van der Waals surface area contributed by atoms with Gasteiger partial charge in [0, 0.05) is 10.8 Å². The van der Waals surface area contributed by atoms with Crippen molar-refractivity contribution in [2.24, 2.45) is 0 Å². The second-order valence-electron chi connectivity index (χ2n) is 5.88. The van der Waals surface area contributed by atoms with Gasteiger partial charge >= 0.3 is 0 Å². The third-order valence-corrected chi connectivity index (χ3v) is 4.99. The highest BCUT2D eigenvalue weighted by molar-refractivity contribution is 7.99. The van der Waals surface area contributed by atoms with Gasteiger partial charge in [0.2, 0.25) is 5.91 Å². The molecule has 5 heteroatoms. The number of hydrogen-bond donors (Lipinski definition) is 1. The second kappa shape index (κ2) is 8.54. The number of hydrogen-bond acceptors (Lipinski definition) is 2. The van der Waals surface area contributed by atoms with E-state index in [0.717, 1.165) is 5.56 Å². The van der Waals surface area contributed by atoms with Gasteiger partial charge in [-0.3, -0.25) is 4.79 Å². The van der Waals surface area contributed by atoms with E-state index in [1.54, 1.807) is 12.1 Å². The number of carbonyl (C=O) groups excluding carboxylic acids is 1. The predicted molar refractivity (Wildman–Crippen MR) is 100 cm³/mol. The molecule has 2 rings (SSSR count). The average Bonchev–Trinajstić information content (AvgIpc) is 2.49. The van der Waals surface area contributed by atoms with Crippen molar-refractivity contribution in [3.8, 4) is 0 Å². The van der Waals surface area contributed by atoms with Crippen LogP contribution in [0.2, 0.25) is 5.02 Å². The van der Waals surface area contributed by atoms with Crippen LogP contribution in [0.25, 0.3) is 0 Å². The Balaban J connectivity index is 1.84. The van der Waals surface area contributed by atoms with Gasteiger partial charge in [-0.2, -0.15) is 0 Å². The topological polar surface area (TPSA) is 29.1 Å². The molecule has 0 saturated carbocycles. The van der Waals surface area contributed by atoms with Crippen LogP contribution in [0, 0.1) is 19.7 Å². The summed E-state index contributed by atoms with van der Waals surface area (Å²) in [5.41, 5.74) is 4.04. The normalized spacial score (nSPS) is 12.0. The monoisotopic (exact) mass is 365 g/mol. The van der Waals surface area contributed by atoms with Gasteiger partial charge in [-0.25, -0.2) is 4.39 Å². The van der Waals surface area contributed by atoms with Crippen LogP contribution in [0.15, 0.2) is 36.4 Å². The van der Waals surface area contributed by atoms with Crippen LogP contribution >= 0.6 is 23.4 Å². The maximum absolute atomic E-state index is 13.7. The molecule has 1 atom stereocenters. The first-order chi connectivity index (χ1) is 11.4. The molecule has 1 amide bonds. The molecule has 1 N–H and O–H groups in total. The molecule has 0 saturated heterocycles. The van der Waals surface area contributed by atoms with Crippen LogP contribution < -0.4 is 5.32 Å². The quantitative estimate of drug-likeness (QED) is 0.761. The zero-order chi connectivity index (χ0) is 17.7. The summed E-state index contributed by atoms with van der Waals surface area (Å²) in [6, 6.07) is 10.7. The van der Waals surface area contributed by atoms with Crippen molar-refractivity contribution in [3.63, 3.8) is 0 Å². The first-order valence-corrected chi connectivity index (χ1v) is 9.28. The molecule has 0 aliphatic heterocycles. The predicted octanol–water partition coefficient (Wildman–Crippen LogP) is 5.21. The van der Waals surface area contributed by atoms with E-state index in [1.807, 2.05) is 32.9 Å². The van der Waals surface area contributed by atoms with Gasteiger partial charge in [0.15, 0.2) is 0 Å². The molecule has 0 aliphatic carbocycles. The van der Waals surface area contributed by atoms with Crippen LogP contribution in [0.1, 0.15) is 35.2 Å². The maximum atomic E-state index is 13.7. The number of amides is 1. The van der Waals surface area contributed by atoms with Gasteiger partial charge in [0.25, 0.3) is 0 Å². The molecule has 0 bridgehead atoms. The molecule has 0 fully saturated rings. The molecule has 0 heterocycles. The van der Waals surface area contributed by atoms with Crippen molar-refractivity contribution >= 4 is 29.3 Å². The van der Waals surface area contributed by atoms with Crippen LogP contribution in [0.4, 0.5) is 4.39 Å². The average molecular weight is 366 g/mol. The third-order valence-electron chi connectivity index (χ3n) is 3.78. The molecular formula is C19H21ClFNOS. The van der Waals surface area contributed by atoms with Crippen LogP contribution in [-0.2, 0) is 10.5 Å². The largest absolute Gasteiger partial charge is 0.349 e. The van der Waals surface area contributed by atoms with E-state index in [4.69, 9.17) is 11.6 Å². The SMILES string of the molecule is Cc1ccc([C@H](C)NC(=O)CSCc2ccc(Cl)cc2F)c(C)c1. The van der Waals surface area contributed by atoms with E-state index >= 15 is 0 Å². The van der Waals surface area contributed by atoms with E-state index in [0.29, 0.717) is 16.3 Å².